The maximum atomic E-state index is 12.4. The molecule has 0 unspecified atom stereocenters. The van der Waals surface area contributed by atoms with E-state index in [1.165, 1.54) is 18.2 Å². The van der Waals surface area contributed by atoms with Gasteiger partial charge in [0.05, 0.1) is 22.1 Å². The molecule has 0 atom stereocenters. The molecular formula is C18H19ClN2O6. The lowest BCUT2D eigenvalue weighted by Gasteiger charge is -2.12. The molecule has 0 amide bonds. The number of halogens is 1. The number of nitrogens with one attached hydrogen (secondary N) is 1. The number of methoxy groups -OCH3 is 1. The minimum Gasteiger partial charge on any atom is -0.488 e. The number of benzene rings is 2. The number of anilines is 1. The molecule has 0 aliphatic heterocycles. The summed E-state index contributed by atoms with van der Waals surface area (Å²) < 4.78 is 15.6. The van der Waals surface area contributed by atoms with E-state index in [2.05, 4.69) is 5.32 Å². The quantitative estimate of drug-likeness (QED) is 0.284. The third-order valence-corrected chi connectivity index (χ3v) is 3.78. The highest BCUT2D eigenvalue weighted by molar-refractivity contribution is 6.32. The molecule has 27 heavy (non-hydrogen) atoms. The number of rotatable bonds is 10. The van der Waals surface area contributed by atoms with E-state index < -0.39 is 10.9 Å². The fourth-order valence-electron chi connectivity index (χ4n) is 2.18. The fourth-order valence-corrected chi connectivity index (χ4v) is 2.37. The smallest absolute Gasteiger partial charge is 0.340 e. The molecule has 0 aromatic heterocycles. The maximum absolute atomic E-state index is 12.4. The van der Waals surface area contributed by atoms with Crippen LogP contribution < -0.4 is 10.1 Å². The average Bonchev–Trinajstić information content (AvgIpc) is 2.66. The number of hydrogen-bond acceptors (Lipinski definition) is 7. The van der Waals surface area contributed by atoms with Gasteiger partial charge in [-0.1, -0.05) is 23.7 Å². The van der Waals surface area contributed by atoms with Crippen LogP contribution in [0.5, 0.6) is 5.75 Å². The standard InChI is InChI=1S/C18H19ClN2O6/c1-25-9-8-20-16-7-6-13(21(23)24)12-14(16)18(22)27-11-10-26-17-5-3-2-4-15(17)19/h2-7,12,20H,8-11H2,1H3. The average molecular weight is 395 g/mol. The van der Waals surface area contributed by atoms with Crippen molar-refractivity contribution in [3.63, 3.8) is 0 Å². The molecule has 0 heterocycles. The predicted octanol–water partition coefficient (Wildman–Crippen LogP) is 3.54. The van der Waals surface area contributed by atoms with Crippen molar-refractivity contribution in [1.29, 1.82) is 0 Å². The number of non-ortho nitro benzene ring substituents is 1. The highest BCUT2D eigenvalue weighted by Crippen LogP contribution is 2.24. The highest BCUT2D eigenvalue weighted by atomic mass is 35.5. The predicted molar refractivity (Wildman–Crippen MR) is 101 cm³/mol. The first kappa shape index (κ1) is 20.5. The van der Waals surface area contributed by atoms with Crippen molar-refractivity contribution in [1.82, 2.24) is 0 Å². The molecule has 2 aromatic carbocycles. The molecule has 0 aliphatic rings. The minimum atomic E-state index is -0.693. The topological polar surface area (TPSA) is 99.9 Å². The molecule has 2 aromatic rings. The van der Waals surface area contributed by atoms with Gasteiger partial charge in [-0.3, -0.25) is 10.1 Å². The summed E-state index contributed by atoms with van der Waals surface area (Å²) in [6, 6.07) is 10.9. The molecule has 0 spiro atoms. The van der Waals surface area contributed by atoms with Gasteiger partial charge in [0.15, 0.2) is 0 Å². The third kappa shape index (κ3) is 6.12. The van der Waals surface area contributed by atoms with Crippen molar-refractivity contribution in [2.75, 3.05) is 38.8 Å². The van der Waals surface area contributed by atoms with Crippen LogP contribution in [0.2, 0.25) is 5.02 Å². The van der Waals surface area contributed by atoms with Gasteiger partial charge in [-0.15, -0.1) is 0 Å². The van der Waals surface area contributed by atoms with Gasteiger partial charge < -0.3 is 19.5 Å². The summed E-state index contributed by atoms with van der Waals surface area (Å²) in [5.41, 5.74) is 0.291. The Kier molecular flexibility index (Phi) is 7.84. The molecule has 1 N–H and O–H groups in total. The summed E-state index contributed by atoms with van der Waals surface area (Å²) in [5.74, 6) is -0.214. The molecule has 0 fully saturated rings. The number of nitro benzene ring substituents is 1. The molecular weight excluding hydrogens is 376 g/mol. The van der Waals surface area contributed by atoms with Crippen LogP contribution in [0.1, 0.15) is 10.4 Å². The van der Waals surface area contributed by atoms with Gasteiger partial charge in [0.2, 0.25) is 0 Å². The second-order valence-corrected chi connectivity index (χ2v) is 5.73. The van der Waals surface area contributed by atoms with Crippen molar-refractivity contribution >= 4 is 28.9 Å². The Morgan fingerprint density at radius 2 is 1.96 bits per heavy atom. The molecule has 0 saturated carbocycles. The van der Waals surface area contributed by atoms with E-state index in [9.17, 15) is 14.9 Å². The first-order chi connectivity index (χ1) is 13.0. The van der Waals surface area contributed by atoms with Gasteiger partial charge in [0, 0.05) is 31.5 Å². The number of carbonyl (C=O) groups is 1. The maximum Gasteiger partial charge on any atom is 0.340 e. The summed E-state index contributed by atoms with van der Waals surface area (Å²) in [6.45, 7) is 0.905. The van der Waals surface area contributed by atoms with Crippen molar-refractivity contribution in [2.45, 2.75) is 0 Å². The SMILES string of the molecule is COCCNc1ccc([N+](=O)[O-])cc1C(=O)OCCOc1ccccc1Cl. The van der Waals surface area contributed by atoms with Gasteiger partial charge in [0.25, 0.3) is 5.69 Å². The first-order valence-electron chi connectivity index (χ1n) is 8.08. The summed E-state index contributed by atoms with van der Waals surface area (Å²) in [6.07, 6.45) is 0. The van der Waals surface area contributed by atoms with Gasteiger partial charge in [0.1, 0.15) is 19.0 Å². The monoisotopic (exact) mass is 394 g/mol. The zero-order valence-electron chi connectivity index (χ0n) is 14.6. The van der Waals surface area contributed by atoms with E-state index in [1.807, 2.05) is 0 Å². The lowest BCUT2D eigenvalue weighted by atomic mass is 10.1. The molecule has 0 saturated heterocycles. The molecule has 9 heteroatoms. The van der Waals surface area contributed by atoms with Crippen LogP contribution in [0.4, 0.5) is 11.4 Å². The van der Waals surface area contributed by atoms with Crippen molar-refractivity contribution < 1.29 is 23.9 Å². The Morgan fingerprint density at radius 1 is 1.19 bits per heavy atom. The Balaban J connectivity index is 1.99. The van der Waals surface area contributed by atoms with Crippen molar-refractivity contribution in [2.24, 2.45) is 0 Å². The molecule has 2 rings (SSSR count). The highest BCUT2D eigenvalue weighted by Gasteiger charge is 2.18. The van der Waals surface area contributed by atoms with Crippen LogP contribution >= 0.6 is 11.6 Å². The molecule has 144 valence electrons. The number of para-hydroxylation sites is 1. The first-order valence-corrected chi connectivity index (χ1v) is 8.46. The normalized spacial score (nSPS) is 10.3. The van der Waals surface area contributed by atoms with E-state index in [1.54, 1.807) is 31.4 Å². The van der Waals surface area contributed by atoms with Crippen molar-refractivity contribution in [3.8, 4) is 5.75 Å². The van der Waals surface area contributed by atoms with Gasteiger partial charge in [-0.25, -0.2) is 4.79 Å². The minimum absolute atomic E-state index is 0.0374. The van der Waals surface area contributed by atoms with Crippen molar-refractivity contribution in [3.05, 3.63) is 63.2 Å². The van der Waals surface area contributed by atoms with Crippen LogP contribution in [0.3, 0.4) is 0 Å². The van der Waals surface area contributed by atoms with E-state index in [-0.39, 0.29) is 24.5 Å². The Morgan fingerprint density at radius 3 is 2.67 bits per heavy atom. The van der Waals surface area contributed by atoms with Crippen LogP contribution in [0.15, 0.2) is 42.5 Å². The number of esters is 1. The number of nitrogens with zero attached hydrogens (tertiary/aromatic N) is 1. The molecule has 0 bridgehead atoms. The van der Waals surface area contributed by atoms with E-state index in [0.29, 0.717) is 29.6 Å². The number of hydrogen-bond donors (Lipinski definition) is 1. The second kappa shape index (κ2) is 10.3. The summed E-state index contributed by atoms with van der Waals surface area (Å²) in [4.78, 5) is 22.8. The second-order valence-electron chi connectivity index (χ2n) is 5.32. The summed E-state index contributed by atoms with van der Waals surface area (Å²) >= 11 is 5.97. The van der Waals surface area contributed by atoms with Crippen LogP contribution in [-0.4, -0.2) is 44.4 Å². The summed E-state index contributed by atoms with van der Waals surface area (Å²) in [7, 11) is 1.55. The van der Waals surface area contributed by atoms with E-state index in [4.69, 9.17) is 25.8 Å². The zero-order chi connectivity index (χ0) is 19.6. The number of carbonyl (C=O) groups excluding carboxylic acids is 1. The van der Waals surface area contributed by atoms with Gasteiger partial charge in [-0.05, 0) is 18.2 Å². The van der Waals surface area contributed by atoms with Crippen LogP contribution in [0, 0.1) is 10.1 Å². The zero-order valence-corrected chi connectivity index (χ0v) is 15.4. The summed E-state index contributed by atoms with van der Waals surface area (Å²) in [5, 5.41) is 14.4. The lowest BCUT2D eigenvalue weighted by Crippen LogP contribution is -2.16. The van der Waals surface area contributed by atoms with Crippen LogP contribution in [0.25, 0.3) is 0 Å². The Labute approximate surface area is 161 Å². The number of nitro groups is 1. The lowest BCUT2D eigenvalue weighted by molar-refractivity contribution is -0.384. The largest absolute Gasteiger partial charge is 0.488 e. The fraction of sp³-hybridized carbons (Fsp3) is 0.278. The Hall–Kier alpha value is -2.84. The van der Waals surface area contributed by atoms with Gasteiger partial charge in [-0.2, -0.15) is 0 Å². The molecule has 0 radical (unpaired) electrons. The van der Waals surface area contributed by atoms with Gasteiger partial charge >= 0.3 is 5.97 Å². The van der Waals surface area contributed by atoms with Crippen LogP contribution in [-0.2, 0) is 9.47 Å². The Bertz CT molecular complexity index is 799. The van der Waals surface area contributed by atoms with E-state index in [0.717, 1.165) is 0 Å². The molecule has 8 nitrogen and oxygen atoms in total. The third-order valence-electron chi connectivity index (χ3n) is 3.47. The number of ether oxygens (including phenoxy) is 3. The van der Waals surface area contributed by atoms with E-state index >= 15 is 0 Å². The molecule has 0 aliphatic carbocycles.